The van der Waals surface area contributed by atoms with Gasteiger partial charge in [0.25, 0.3) is 0 Å². The topological polar surface area (TPSA) is 66.3 Å². The van der Waals surface area contributed by atoms with Crippen molar-refractivity contribution in [1.29, 1.82) is 0 Å². The summed E-state index contributed by atoms with van der Waals surface area (Å²) < 4.78 is 0. The molecular weight excluding hydrogens is 218 g/mol. The first-order chi connectivity index (χ1) is 8.18. The number of carbonyl (C=O) groups is 1. The Hall–Kier alpha value is -1.65. The fraction of sp³-hybridized carbons (Fsp3) is 0.583. The predicted molar refractivity (Wildman–Crippen MR) is 63.8 cm³/mol. The molecule has 2 rings (SSSR count). The summed E-state index contributed by atoms with van der Waals surface area (Å²) in [5, 5.41) is 8.94. The van der Waals surface area contributed by atoms with E-state index < -0.39 is 5.97 Å². The molecule has 1 fully saturated rings. The third-order valence-electron chi connectivity index (χ3n) is 3.50. The molecular formula is C12H17N3O2. The number of hydrogen-bond acceptors (Lipinski definition) is 4. The normalized spacial score (nSPS) is 24.3. The van der Waals surface area contributed by atoms with Crippen LogP contribution in [0, 0.1) is 5.92 Å². The number of nitrogens with zero attached hydrogens (tertiary/aromatic N) is 3. The molecule has 17 heavy (non-hydrogen) atoms. The molecule has 1 aliphatic carbocycles. The fourth-order valence-electron chi connectivity index (χ4n) is 2.37. The molecule has 0 aromatic carbocycles. The lowest BCUT2D eigenvalue weighted by atomic mass is 9.85. The van der Waals surface area contributed by atoms with Gasteiger partial charge in [0.1, 0.15) is 5.82 Å². The highest BCUT2D eigenvalue weighted by Crippen LogP contribution is 2.28. The maximum atomic E-state index is 10.9. The van der Waals surface area contributed by atoms with Gasteiger partial charge >= 0.3 is 5.97 Å². The number of aliphatic carboxylic acids is 1. The summed E-state index contributed by atoms with van der Waals surface area (Å²) in [6.45, 7) is 0. The smallest absolute Gasteiger partial charge is 0.306 e. The van der Waals surface area contributed by atoms with E-state index in [1.54, 1.807) is 18.6 Å². The first-order valence-electron chi connectivity index (χ1n) is 5.90. The first-order valence-corrected chi connectivity index (χ1v) is 5.90. The maximum absolute atomic E-state index is 10.9. The highest BCUT2D eigenvalue weighted by atomic mass is 16.4. The lowest BCUT2D eigenvalue weighted by Crippen LogP contribution is -2.37. The van der Waals surface area contributed by atoms with Gasteiger partial charge in [-0.25, -0.2) is 4.98 Å². The molecule has 5 nitrogen and oxygen atoms in total. The van der Waals surface area contributed by atoms with Gasteiger partial charge in [-0.3, -0.25) is 9.78 Å². The summed E-state index contributed by atoms with van der Waals surface area (Å²) in [7, 11) is 2.00. The molecule has 0 bridgehead atoms. The zero-order valence-corrected chi connectivity index (χ0v) is 9.91. The van der Waals surface area contributed by atoms with Crippen LogP contribution in [0.4, 0.5) is 5.82 Å². The summed E-state index contributed by atoms with van der Waals surface area (Å²) >= 11 is 0. The third kappa shape index (κ3) is 2.72. The van der Waals surface area contributed by atoms with Crippen molar-refractivity contribution in [3.05, 3.63) is 18.6 Å². The largest absolute Gasteiger partial charge is 0.481 e. The van der Waals surface area contributed by atoms with Gasteiger partial charge in [0.05, 0.1) is 12.1 Å². The lowest BCUT2D eigenvalue weighted by molar-refractivity contribution is -0.142. The quantitative estimate of drug-likeness (QED) is 0.861. The molecule has 1 heterocycles. The van der Waals surface area contributed by atoms with Crippen molar-refractivity contribution in [3.8, 4) is 0 Å². The Morgan fingerprint density at radius 2 is 2.06 bits per heavy atom. The Morgan fingerprint density at radius 3 is 2.59 bits per heavy atom. The molecule has 1 aromatic rings. The molecule has 5 heteroatoms. The monoisotopic (exact) mass is 235 g/mol. The maximum Gasteiger partial charge on any atom is 0.306 e. The highest BCUT2D eigenvalue weighted by Gasteiger charge is 2.28. The van der Waals surface area contributed by atoms with E-state index in [1.807, 2.05) is 7.05 Å². The molecule has 0 unspecified atom stereocenters. The van der Waals surface area contributed by atoms with Gasteiger partial charge in [-0.1, -0.05) is 0 Å². The average molecular weight is 235 g/mol. The summed E-state index contributed by atoms with van der Waals surface area (Å²) in [4.78, 5) is 21.3. The van der Waals surface area contributed by atoms with Crippen LogP contribution >= 0.6 is 0 Å². The van der Waals surface area contributed by atoms with E-state index in [-0.39, 0.29) is 5.92 Å². The Labute approximate surface area is 100 Å². The minimum absolute atomic E-state index is 0.165. The standard InChI is InChI=1S/C12H17N3O2/c1-15(11-8-13-6-7-14-11)10-4-2-9(3-5-10)12(16)17/h6-10H,2-5H2,1H3,(H,16,17). The van der Waals surface area contributed by atoms with E-state index in [0.717, 1.165) is 31.5 Å². The van der Waals surface area contributed by atoms with Crippen LogP contribution < -0.4 is 4.90 Å². The van der Waals surface area contributed by atoms with Crippen molar-refractivity contribution >= 4 is 11.8 Å². The van der Waals surface area contributed by atoms with Crippen LogP contribution in [-0.4, -0.2) is 34.1 Å². The predicted octanol–water partition coefficient (Wildman–Crippen LogP) is 1.56. The van der Waals surface area contributed by atoms with E-state index >= 15 is 0 Å². The molecule has 1 saturated carbocycles. The Morgan fingerprint density at radius 1 is 1.35 bits per heavy atom. The average Bonchev–Trinajstić information content (AvgIpc) is 2.39. The Bertz CT molecular complexity index is 375. The summed E-state index contributed by atoms with van der Waals surface area (Å²) in [6, 6.07) is 0.377. The zero-order chi connectivity index (χ0) is 12.3. The van der Waals surface area contributed by atoms with Gasteiger partial charge in [0.15, 0.2) is 0 Å². The van der Waals surface area contributed by atoms with Crippen LogP contribution in [0.25, 0.3) is 0 Å². The summed E-state index contributed by atoms with van der Waals surface area (Å²) in [5.41, 5.74) is 0. The van der Waals surface area contributed by atoms with Crippen molar-refractivity contribution in [2.45, 2.75) is 31.7 Å². The van der Waals surface area contributed by atoms with E-state index in [2.05, 4.69) is 14.9 Å². The van der Waals surface area contributed by atoms with Gasteiger partial charge in [0, 0.05) is 25.5 Å². The van der Waals surface area contributed by atoms with Crippen molar-refractivity contribution < 1.29 is 9.90 Å². The van der Waals surface area contributed by atoms with Crippen molar-refractivity contribution in [3.63, 3.8) is 0 Å². The van der Waals surface area contributed by atoms with Crippen LogP contribution in [0.1, 0.15) is 25.7 Å². The Kier molecular flexibility index (Phi) is 3.56. The van der Waals surface area contributed by atoms with Crippen molar-refractivity contribution in [2.24, 2.45) is 5.92 Å². The highest BCUT2D eigenvalue weighted by molar-refractivity contribution is 5.70. The first kappa shape index (κ1) is 11.8. The minimum Gasteiger partial charge on any atom is -0.481 e. The van der Waals surface area contributed by atoms with Gasteiger partial charge in [-0.05, 0) is 25.7 Å². The summed E-state index contributed by atoms with van der Waals surface area (Å²) in [6.07, 6.45) is 8.39. The Balaban J connectivity index is 1.95. The van der Waals surface area contributed by atoms with E-state index in [9.17, 15) is 4.79 Å². The third-order valence-corrected chi connectivity index (χ3v) is 3.50. The van der Waals surface area contributed by atoms with Crippen LogP contribution in [0.3, 0.4) is 0 Å². The second-order valence-electron chi connectivity index (χ2n) is 4.52. The van der Waals surface area contributed by atoms with Crippen LogP contribution in [0.2, 0.25) is 0 Å². The fourth-order valence-corrected chi connectivity index (χ4v) is 2.37. The molecule has 1 aliphatic rings. The number of aromatic nitrogens is 2. The van der Waals surface area contributed by atoms with Crippen molar-refractivity contribution in [2.75, 3.05) is 11.9 Å². The van der Waals surface area contributed by atoms with Crippen LogP contribution in [0.15, 0.2) is 18.6 Å². The van der Waals surface area contributed by atoms with Crippen LogP contribution in [0.5, 0.6) is 0 Å². The van der Waals surface area contributed by atoms with E-state index in [4.69, 9.17) is 5.11 Å². The minimum atomic E-state index is -0.661. The molecule has 0 saturated heterocycles. The molecule has 1 N–H and O–H groups in total. The molecule has 0 amide bonds. The molecule has 0 spiro atoms. The number of hydrogen-bond donors (Lipinski definition) is 1. The molecule has 1 aromatic heterocycles. The van der Waals surface area contributed by atoms with Gasteiger partial charge in [0.2, 0.25) is 0 Å². The molecule has 0 aliphatic heterocycles. The zero-order valence-electron chi connectivity index (χ0n) is 9.91. The SMILES string of the molecule is CN(c1cnccn1)C1CCC(C(=O)O)CC1. The number of anilines is 1. The van der Waals surface area contributed by atoms with E-state index in [1.165, 1.54) is 0 Å². The van der Waals surface area contributed by atoms with Gasteiger partial charge in [-0.2, -0.15) is 0 Å². The van der Waals surface area contributed by atoms with Crippen LogP contribution in [-0.2, 0) is 4.79 Å². The van der Waals surface area contributed by atoms with Gasteiger partial charge in [-0.15, -0.1) is 0 Å². The number of carboxylic acids is 1. The molecule has 92 valence electrons. The van der Waals surface area contributed by atoms with Crippen molar-refractivity contribution in [1.82, 2.24) is 9.97 Å². The number of rotatable bonds is 3. The summed E-state index contributed by atoms with van der Waals surface area (Å²) in [5.74, 6) is 0.0263. The van der Waals surface area contributed by atoms with E-state index in [0.29, 0.717) is 6.04 Å². The second-order valence-corrected chi connectivity index (χ2v) is 4.52. The second kappa shape index (κ2) is 5.12. The lowest BCUT2D eigenvalue weighted by Gasteiger charge is -2.33. The number of carboxylic acid groups (broad SMARTS) is 1. The van der Waals surface area contributed by atoms with Gasteiger partial charge < -0.3 is 10.0 Å². The molecule has 0 radical (unpaired) electrons. The molecule has 0 atom stereocenters.